The molecule has 0 saturated carbocycles. The van der Waals surface area contributed by atoms with Crippen molar-refractivity contribution < 1.29 is 40.2 Å². The first-order chi connectivity index (χ1) is 35.4. The van der Waals surface area contributed by atoms with E-state index in [4.69, 9.17) is 0 Å². The Morgan fingerprint density at radius 2 is 0.689 bits per heavy atom. The van der Waals surface area contributed by atoms with E-state index >= 15 is 0 Å². The Hall–Kier alpha value is -5.98. The van der Waals surface area contributed by atoms with E-state index in [2.05, 4.69) is 9.80 Å². The van der Waals surface area contributed by atoms with Crippen LogP contribution in [-0.2, 0) is 31.6 Å². The molecular formula is C64H78N2O8. The molecule has 2 fully saturated rings. The van der Waals surface area contributed by atoms with Crippen LogP contribution in [-0.4, -0.2) is 91.6 Å². The van der Waals surface area contributed by atoms with Crippen LogP contribution in [0.2, 0.25) is 0 Å². The van der Waals surface area contributed by atoms with Gasteiger partial charge in [-0.2, -0.15) is 0 Å². The first-order valence-electron chi connectivity index (χ1n) is 26.6. The molecule has 0 spiro atoms. The van der Waals surface area contributed by atoms with Crippen LogP contribution in [0.25, 0.3) is 0 Å². The standard InChI is InChI=1S/2C32H39NO4/c2*1-31(2,30(35)36)25-17-15-24(16-18-25)29(34)14-9-21-33-22-19-28(20-23-33)32(37,26-10-5-3-6-11-26)27-12-7-4-8-13-27/h2*3-8,10-13,15-18,28-29,34,37H,9,14,19-23H2,1-2H3,(H,35,36)/t29-;/m0./s1. The molecule has 2 aliphatic heterocycles. The predicted octanol–water partition coefficient (Wildman–Crippen LogP) is 11.0. The molecule has 8 rings (SSSR count). The Morgan fingerprint density at radius 1 is 0.432 bits per heavy atom. The van der Waals surface area contributed by atoms with Crippen LogP contribution in [0.4, 0.5) is 0 Å². The molecule has 10 nitrogen and oxygen atoms in total. The first-order valence-corrected chi connectivity index (χ1v) is 26.6. The second-order valence-corrected chi connectivity index (χ2v) is 21.6. The molecule has 0 bridgehead atoms. The molecule has 0 radical (unpaired) electrons. The summed E-state index contributed by atoms with van der Waals surface area (Å²) in [5, 5.41) is 64.3. The summed E-state index contributed by atoms with van der Waals surface area (Å²) in [4.78, 5) is 27.8. The number of rotatable bonds is 20. The van der Waals surface area contributed by atoms with Crippen molar-refractivity contribution in [2.75, 3.05) is 39.3 Å². The minimum absolute atomic E-state index is 0.132. The summed E-state index contributed by atoms with van der Waals surface area (Å²) in [6.45, 7) is 12.2. The van der Waals surface area contributed by atoms with Gasteiger partial charge in [0, 0.05) is 0 Å². The fraction of sp³-hybridized carbons (Fsp3) is 0.406. The lowest BCUT2D eigenvalue weighted by Crippen LogP contribution is -2.44. The van der Waals surface area contributed by atoms with Gasteiger partial charge in [0.1, 0.15) is 11.2 Å². The van der Waals surface area contributed by atoms with Gasteiger partial charge in [-0.3, -0.25) is 9.59 Å². The predicted molar refractivity (Wildman–Crippen MR) is 293 cm³/mol. The minimum atomic E-state index is -1.01. The molecule has 74 heavy (non-hydrogen) atoms. The van der Waals surface area contributed by atoms with Crippen molar-refractivity contribution in [1.29, 1.82) is 0 Å². The highest BCUT2D eigenvalue weighted by atomic mass is 16.4. The van der Waals surface area contributed by atoms with Gasteiger partial charge in [-0.15, -0.1) is 0 Å². The third-order valence-electron chi connectivity index (χ3n) is 16.2. The van der Waals surface area contributed by atoms with Crippen molar-refractivity contribution in [1.82, 2.24) is 9.80 Å². The van der Waals surface area contributed by atoms with Crippen LogP contribution in [0.5, 0.6) is 0 Å². The number of nitrogens with zero attached hydrogens (tertiary/aromatic N) is 2. The molecule has 0 aromatic heterocycles. The van der Waals surface area contributed by atoms with Crippen LogP contribution in [0.1, 0.15) is 136 Å². The lowest BCUT2D eigenvalue weighted by molar-refractivity contribution is -0.143. The summed E-state index contributed by atoms with van der Waals surface area (Å²) in [6, 6.07) is 54.6. The van der Waals surface area contributed by atoms with Crippen LogP contribution in [0, 0.1) is 11.8 Å². The van der Waals surface area contributed by atoms with Gasteiger partial charge in [0.05, 0.1) is 23.0 Å². The SMILES string of the molecule is CC(C)(C(=O)O)c1ccc(C(O)CCCN2CCC(C(O)(c3ccccc3)c3ccccc3)CC2)cc1.CC(C)(C(=O)O)c1ccc([C@@H](O)CCCN2CCC(C(O)(c3ccccc3)c3ccccc3)CC2)cc1. The Kier molecular flexibility index (Phi) is 18.9. The molecular weight excluding hydrogens is 925 g/mol. The van der Waals surface area contributed by atoms with Crippen LogP contribution < -0.4 is 0 Å². The molecule has 2 heterocycles. The fourth-order valence-corrected chi connectivity index (χ4v) is 11.0. The number of carboxylic acid groups (broad SMARTS) is 2. The van der Waals surface area contributed by atoms with Crippen LogP contribution in [0.3, 0.4) is 0 Å². The highest BCUT2D eigenvalue weighted by Gasteiger charge is 2.43. The second kappa shape index (κ2) is 25.0. The lowest BCUT2D eigenvalue weighted by Gasteiger charge is -2.42. The highest BCUT2D eigenvalue weighted by Crippen LogP contribution is 2.44. The molecule has 10 heteroatoms. The maximum absolute atomic E-state index is 12.1. The third-order valence-corrected chi connectivity index (χ3v) is 16.2. The molecule has 6 aromatic rings. The summed E-state index contributed by atoms with van der Waals surface area (Å²) in [5.41, 5.74) is 2.94. The monoisotopic (exact) mass is 1000 g/mol. The normalized spacial score (nSPS) is 16.4. The van der Waals surface area contributed by atoms with Gasteiger partial charge in [-0.1, -0.05) is 170 Å². The fourth-order valence-electron chi connectivity index (χ4n) is 11.0. The van der Waals surface area contributed by atoms with E-state index in [-0.39, 0.29) is 11.8 Å². The summed E-state index contributed by atoms with van der Waals surface area (Å²) in [6.07, 6.45) is 5.53. The number of piperidine rings is 2. The number of aliphatic hydroxyl groups is 4. The zero-order chi connectivity index (χ0) is 52.9. The van der Waals surface area contributed by atoms with E-state index in [0.29, 0.717) is 12.8 Å². The molecule has 0 amide bonds. The van der Waals surface area contributed by atoms with Crippen molar-refractivity contribution in [3.05, 3.63) is 214 Å². The molecule has 2 atom stereocenters. The lowest BCUT2D eigenvalue weighted by atomic mass is 9.72. The second-order valence-electron chi connectivity index (χ2n) is 21.6. The molecule has 2 aliphatic rings. The van der Waals surface area contributed by atoms with Gasteiger partial charge in [0.25, 0.3) is 0 Å². The van der Waals surface area contributed by atoms with E-state index in [0.717, 1.165) is 122 Å². The van der Waals surface area contributed by atoms with Crippen molar-refractivity contribution in [3.8, 4) is 0 Å². The zero-order valence-electron chi connectivity index (χ0n) is 43.8. The van der Waals surface area contributed by atoms with Crippen molar-refractivity contribution in [3.63, 3.8) is 0 Å². The maximum atomic E-state index is 12.1. The van der Waals surface area contributed by atoms with Gasteiger partial charge in [0.15, 0.2) is 0 Å². The molecule has 392 valence electrons. The summed E-state index contributed by atoms with van der Waals surface area (Å²) in [7, 11) is 0. The highest BCUT2D eigenvalue weighted by molar-refractivity contribution is 5.80. The number of hydrogen-bond acceptors (Lipinski definition) is 8. The van der Waals surface area contributed by atoms with Crippen molar-refractivity contribution >= 4 is 11.9 Å². The topological polar surface area (TPSA) is 162 Å². The molecule has 1 unspecified atom stereocenters. The quantitative estimate of drug-likeness (QED) is 0.0434. The van der Waals surface area contributed by atoms with Gasteiger partial charge >= 0.3 is 11.9 Å². The van der Waals surface area contributed by atoms with E-state index < -0.39 is 46.2 Å². The van der Waals surface area contributed by atoms with Gasteiger partial charge in [-0.05, 0) is 175 Å². The summed E-state index contributed by atoms with van der Waals surface area (Å²) in [5.74, 6) is -1.47. The smallest absolute Gasteiger partial charge is 0.313 e. The van der Waals surface area contributed by atoms with E-state index in [9.17, 15) is 40.2 Å². The van der Waals surface area contributed by atoms with E-state index in [1.54, 1.807) is 52.0 Å². The molecule has 6 N–H and O–H groups in total. The number of carboxylic acids is 2. The van der Waals surface area contributed by atoms with E-state index in [1.807, 2.05) is 146 Å². The molecule has 6 aromatic carbocycles. The van der Waals surface area contributed by atoms with Gasteiger partial charge in [-0.25, -0.2) is 0 Å². The maximum Gasteiger partial charge on any atom is 0.313 e. The number of aliphatic hydroxyl groups excluding tert-OH is 2. The van der Waals surface area contributed by atoms with Gasteiger partial charge < -0.3 is 40.4 Å². The van der Waals surface area contributed by atoms with Crippen LogP contribution >= 0.6 is 0 Å². The summed E-state index contributed by atoms with van der Waals surface area (Å²) >= 11 is 0. The number of hydrogen-bond donors (Lipinski definition) is 6. The Labute approximate surface area is 439 Å². The molecule has 2 saturated heterocycles. The van der Waals surface area contributed by atoms with Gasteiger partial charge in [0.2, 0.25) is 0 Å². The van der Waals surface area contributed by atoms with E-state index in [1.165, 1.54) is 0 Å². The largest absolute Gasteiger partial charge is 0.481 e. The third kappa shape index (κ3) is 13.1. The summed E-state index contributed by atoms with van der Waals surface area (Å²) < 4.78 is 0. The minimum Gasteiger partial charge on any atom is -0.481 e. The molecule has 0 aliphatic carbocycles. The Balaban J connectivity index is 0.000000216. The number of aliphatic carboxylic acids is 2. The van der Waals surface area contributed by atoms with Crippen molar-refractivity contribution in [2.24, 2.45) is 11.8 Å². The van der Waals surface area contributed by atoms with Crippen molar-refractivity contribution in [2.45, 2.75) is 113 Å². The number of benzene rings is 6. The zero-order valence-corrected chi connectivity index (χ0v) is 43.8. The number of carbonyl (C=O) groups is 2. The first kappa shape index (κ1) is 55.8. The number of likely N-dealkylation sites (tertiary alicyclic amines) is 2. The Morgan fingerprint density at radius 3 is 0.932 bits per heavy atom. The average Bonchev–Trinajstić information content (AvgIpc) is 3.44. The van der Waals surface area contributed by atoms with Crippen LogP contribution in [0.15, 0.2) is 170 Å². The average molecular weight is 1000 g/mol. The Bertz CT molecular complexity index is 2380.